The lowest BCUT2D eigenvalue weighted by Gasteiger charge is -2.16. The molecule has 1 aliphatic carbocycles. The number of nitrogens with one attached hydrogen (secondary N) is 2. The first kappa shape index (κ1) is 22.6. The smallest absolute Gasteiger partial charge is 0.321 e. The molecule has 7 nitrogen and oxygen atoms in total. The highest BCUT2D eigenvalue weighted by molar-refractivity contribution is 5.98. The number of fused-ring (bicyclic) bond motifs is 1. The van der Waals surface area contributed by atoms with E-state index in [4.69, 9.17) is 4.74 Å². The van der Waals surface area contributed by atoms with Gasteiger partial charge in [0.15, 0.2) is 12.4 Å². The fourth-order valence-electron chi connectivity index (χ4n) is 3.17. The van der Waals surface area contributed by atoms with Crippen molar-refractivity contribution in [1.29, 1.82) is 0 Å². The number of rotatable bonds is 9. The van der Waals surface area contributed by atoms with Gasteiger partial charge in [-0.2, -0.15) is 0 Å². The van der Waals surface area contributed by atoms with Crippen LogP contribution >= 0.6 is 0 Å². The molecule has 2 N–H and O–H groups in total. The van der Waals surface area contributed by atoms with Crippen LogP contribution in [0.15, 0.2) is 18.2 Å². The van der Waals surface area contributed by atoms with Crippen LogP contribution in [0, 0.1) is 5.92 Å². The Morgan fingerprint density at radius 2 is 1.76 bits per heavy atom. The number of ether oxygens (including phenoxy) is 1. The summed E-state index contributed by atoms with van der Waals surface area (Å²) in [5.74, 6) is -1.03. The van der Waals surface area contributed by atoms with Gasteiger partial charge < -0.3 is 10.1 Å². The van der Waals surface area contributed by atoms with Crippen molar-refractivity contribution >= 4 is 23.7 Å². The molecule has 1 aliphatic rings. The second-order valence-corrected chi connectivity index (χ2v) is 7.76. The van der Waals surface area contributed by atoms with Gasteiger partial charge >= 0.3 is 12.0 Å². The average Bonchev–Trinajstić information content (AvgIpc) is 2.69. The second-order valence-electron chi connectivity index (χ2n) is 7.76. The third kappa shape index (κ3) is 8.05. The van der Waals surface area contributed by atoms with Crippen molar-refractivity contribution in [2.75, 3.05) is 13.2 Å². The largest absolute Gasteiger partial charge is 0.456 e. The van der Waals surface area contributed by atoms with Crippen LogP contribution in [0.25, 0.3) is 0 Å². The van der Waals surface area contributed by atoms with Gasteiger partial charge in [-0.3, -0.25) is 19.7 Å². The van der Waals surface area contributed by atoms with Crippen LogP contribution in [0.2, 0.25) is 0 Å². The molecule has 0 saturated heterocycles. The first-order valence-corrected chi connectivity index (χ1v) is 10.2. The summed E-state index contributed by atoms with van der Waals surface area (Å²) in [5.41, 5.74) is 3.12. The van der Waals surface area contributed by atoms with E-state index in [0.29, 0.717) is 18.0 Å². The van der Waals surface area contributed by atoms with Crippen molar-refractivity contribution in [2.24, 2.45) is 5.92 Å². The van der Waals surface area contributed by atoms with E-state index in [0.717, 1.165) is 25.7 Å². The minimum absolute atomic E-state index is 0.0227. The third-order valence-electron chi connectivity index (χ3n) is 4.85. The molecule has 2 rings (SSSR count). The zero-order valence-corrected chi connectivity index (χ0v) is 17.2. The topological polar surface area (TPSA) is 102 Å². The maximum atomic E-state index is 12.3. The lowest BCUT2D eigenvalue weighted by molar-refractivity contribution is -0.148. The molecule has 0 fully saturated rings. The fraction of sp³-hybridized carbons (Fsp3) is 0.545. The Morgan fingerprint density at radius 3 is 2.48 bits per heavy atom. The van der Waals surface area contributed by atoms with Crippen molar-refractivity contribution in [3.63, 3.8) is 0 Å². The molecule has 0 aliphatic heterocycles. The Labute approximate surface area is 171 Å². The van der Waals surface area contributed by atoms with E-state index >= 15 is 0 Å². The number of urea groups is 1. The third-order valence-corrected chi connectivity index (χ3v) is 4.85. The van der Waals surface area contributed by atoms with Gasteiger partial charge in [0.2, 0.25) is 0 Å². The van der Waals surface area contributed by atoms with Crippen molar-refractivity contribution in [3.05, 3.63) is 34.9 Å². The number of Topliss-reactive ketones (excluding diaryl/α,β-unsaturated/α-hetero) is 1. The Bertz CT molecular complexity index is 758. The Morgan fingerprint density at radius 1 is 1.03 bits per heavy atom. The zero-order valence-electron chi connectivity index (χ0n) is 17.2. The normalized spacial score (nSPS) is 12.8. The van der Waals surface area contributed by atoms with Gasteiger partial charge in [-0.05, 0) is 55.2 Å². The number of carbonyl (C=O) groups is 4. The Balaban J connectivity index is 1.67. The van der Waals surface area contributed by atoms with Crippen LogP contribution in [-0.4, -0.2) is 36.8 Å². The molecule has 7 heteroatoms. The molecule has 0 radical (unpaired) electrons. The lowest BCUT2D eigenvalue weighted by Crippen LogP contribution is -2.42. The molecule has 3 amide bonds. The van der Waals surface area contributed by atoms with Gasteiger partial charge in [-0.15, -0.1) is 0 Å². The van der Waals surface area contributed by atoms with E-state index in [2.05, 4.69) is 10.6 Å². The predicted molar refractivity (Wildman–Crippen MR) is 109 cm³/mol. The minimum Gasteiger partial charge on any atom is -0.456 e. The van der Waals surface area contributed by atoms with Crippen molar-refractivity contribution < 1.29 is 23.9 Å². The first-order chi connectivity index (χ1) is 13.8. The molecule has 0 unspecified atom stereocenters. The van der Waals surface area contributed by atoms with Crippen LogP contribution in [0.4, 0.5) is 4.79 Å². The summed E-state index contributed by atoms with van der Waals surface area (Å²) in [7, 11) is 0. The number of hydrogen-bond acceptors (Lipinski definition) is 5. The van der Waals surface area contributed by atoms with Crippen LogP contribution in [0.5, 0.6) is 0 Å². The molecule has 0 atom stereocenters. The first-order valence-electron chi connectivity index (χ1n) is 10.2. The predicted octanol–water partition coefficient (Wildman–Crippen LogP) is 2.94. The zero-order chi connectivity index (χ0) is 21.2. The number of benzene rings is 1. The van der Waals surface area contributed by atoms with Crippen molar-refractivity contribution in [1.82, 2.24) is 10.6 Å². The van der Waals surface area contributed by atoms with Gasteiger partial charge in [0.05, 0.1) is 6.42 Å². The van der Waals surface area contributed by atoms with E-state index in [1.807, 2.05) is 32.0 Å². The minimum atomic E-state index is -0.707. The lowest BCUT2D eigenvalue weighted by atomic mass is 9.89. The number of esters is 1. The van der Waals surface area contributed by atoms with E-state index in [1.165, 1.54) is 17.5 Å². The van der Waals surface area contributed by atoms with Crippen LogP contribution in [0.1, 0.15) is 67.4 Å². The molecule has 0 heterocycles. The van der Waals surface area contributed by atoms with Gasteiger partial charge in [-0.1, -0.05) is 26.0 Å². The maximum absolute atomic E-state index is 12.3. The summed E-state index contributed by atoms with van der Waals surface area (Å²) in [6.07, 6.45) is 5.06. The molecule has 0 bridgehead atoms. The summed E-state index contributed by atoms with van der Waals surface area (Å²) in [6, 6.07) is 5.11. The summed E-state index contributed by atoms with van der Waals surface area (Å²) >= 11 is 0. The maximum Gasteiger partial charge on any atom is 0.321 e. The highest BCUT2D eigenvalue weighted by Crippen LogP contribution is 2.23. The fourth-order valence-corrected chi connectivity index (χ4v) is 3.17. The summed E-state index contributed by atoms with van der Waals surface area (Å²) in [4.78, 5) is 47.3. The quantitative estimate of drug-likeness (QED) is 0.488. The molecular formula is C22H30N2O5. The van der Waals surface area contributed by atoms with E-state index in [9.17, 15) is 19.2 Å². The number of carbonyl (C=O) groups excluding carboxylic acids is 4. The summed E-state index contributed by atoms with van der Waals surface area (Å²) < 4.78 is 4.84. The molecule has 1 aromatic carbocycles. The molecule has 158 valence electrons. The number of imide groups is 1. The molecular weight excluding hydrogens is 372 g/mol. The molecule has 0 spiro atoms. The van der Waals surface area contributed by atoms with Crippen molar-refractivity contribution in [2.45, 2.75) is 58.8 Å². The van der Waals surface area contributed by atoms with E-state index < -0.39 is 24.5 Å². The van der Waals surface area contributed by atoms with Gasteiger partial charge in [0.1, 0.15) is 0 Å². The van der Waals surface area contributed by atoms with E-state index in [-0.39, 0.29) is 18.6 Å². The number of aryl methyl sites for hydroxylation is 2. The monoisotopic (exact) mass is 402 g/mol. The Hall–Kier alpha value is -2.70. The SMILES string of the molecule is CC(C)CCNC(=O)NC(=O)COC(=O)CCC(=O)c1ccc2c(c1)CCCC2. The van der Waals surface area contributed by atoms with Crippen LogP contribution in [0.3, 0.4) is 0 Å². The molecule has 0 saturated carbocycles. The number of ketones is 1. The van der Waals surface area contributed by atoms with Crippen LogP contribution < -0.4 is 10.6 Å². The van der Waals surface area contributed by atoms with E-state index in [1.54, 1.807) is 0 Å². The summed E-state index contributed by atoms with van der Waals surface area (Å²) in [6.45, 7) is 3.96. The van der Waals surface area contributed by atoms with Crippen LogP contribution in [-0.2, 0) is 27.2 Å². The van der Waals surface area contributed by atoms with Gasteiger partial charge in [0, 0.05) is 18.5 Å². The van der Waals surface area contributed by atoms with Gasteiger partial charge in [0.25, 0.3) is 5.91 Å². The average molecular weight is 402 g/mol. The second kappa shape index (κ2) is 11.3. The Kier molecular flexibility index (Phi) is 8.83. The number of amides is 3. The van der Waals surface area contributed by atoms with Gasteiger partial charge in [-0.25, -0.2) is 4.79 Å². The highest BCUT2D eigenvalue weighted by atomic mass is 16.5. The molecule has 0 aromatic heterocycles. The standard InChI is InChI=1S/C22H30N2O5/c1-15(2)11-12-23-22(28)24-20(26)14-29-21(27)10-9-19(25)18-8-7-16-5-3-4-6-17(16)13-18/h7-8,13,15H,3-6,9-12,14H2,1-2H3,(H2,23,24,26,28). The highest BCUT2D eigenvalue weighted by Gasteiger charge is 2.15. The summed E-state index contributed by atoms with van der Waals surface area (Å²) in [5, 5.41) is 4.65. The number of hydrogen-bond donors (Lipinski definition) is 2. The molecule has 1 aromatic rings. The van der Waals surface area contributed by atoms with Crippen molar-refractivity contribution in [3.8, 4) is 0 Å². The molecule has 29 heavy (non-hydrogen) atoms.